The van der Waals surface area contributed by atoms with Gasteiger partial charge in [0.25, 0.3) is 0 Å². The van der Waals surface area contributed by atoms with Gasteiger partial charge in [-0.15, -0.1) is 0 Å². The van der Waals surface area contributed by atoms with Crippen LogP contribution in [0.1, 0.15) is 23.1 Å². The Morgan fingerprint density at radius 2 is 1.85 bits per heavy atom. The number of aliphatic hydroxyl groups is 1. The van der Waals surface area contributed by atoms with Crippen molar-refractivity contribution in [3.05, 3.63) is 68.9 Å². The molecule has 0 aliphatic rings. The van der Waals surface area contributed by atoms with Gasteiger partial charge in [0, 0.05) is 27.5 Å². The fraction of sp³-hybridized carbons (Fsp3) is 0.200. The maximum absolute atomic E-state index is 14.0. The van der Waals surface area contributed by atoms with Crippen LogP contribution < -0.4 is 5.73 Å². The van der Waals surface area contributed by atoms with E-state index >= 15 is 0 Å². The van der Waals surface area contributed by atoms with Gasteiger partial charge in [-0.2, -0.15) is 0 Å². The maximum Gasteiger partial charge on any atom is 0.128 e. The summed E-state index contributed by atoms with van der Waals surface area (Å²) in [6, 6.07) is 11.6. The van der Waals surface area contributed by atoms with Gasteiger partial charge in [-0.25, -0.2) is 4.39 Å². The van der Waals surface area contributed by atoms with E-state index in [1.807, 2.05) is 12.1 Å². The molecule has 0 heterocycles. The highest BCUT2D eigenvalue weighted by Gasteiger charge is 2.26. The molecule has 2 aromatic carbocycles. The first-order valence-corrected chi connectivity index (χ1v) is 7.29. The summed E-state index contributed by atoms with van der Waals surface area (Å²) < 4.78 is 14.9. The van der Waals surface area contributed by atoms with E-state index in [2.05, 4.69) is 15.9 Å². The minimum Gasteiger partial charge on any atom is -0.388 e. The van der Waals surface area contributed by atoms with Crippen LogP contribution in [0.2, 0.25) is 5.02 Å². The second-order valence-electron chi connectivity index (χ2n) is 4.47. The maximum atomic E-state index is 14.0. The Labute approximate surface area is 130 Å². The molecule has 2 unspecified atom stereocenters. The van der Waals surface area contributed by atoms with Crippen LogP contribution >= 0.6 is 27.5 Å². The monoisotopic (exact) mass is 357 g/mol. The van der Waals surface area contributed by atoms with Crippen LogP contribution in [0.15, 0.2) is 46.9 Å². The van der Waals surface area contributed by atoms with Gasteiger partial charge in [-0.05, 0) is 29.8 Å². The predicted octanol–water partition coefficient (Wildman–Crippen LogP) is 4.02. The lowest BCUT2D eigenvalue weighted by Gasteiger charge is -2.23. The van der Waals surface area contributed by atoms with E-state index < -0.39 is 17.8 Å². The molecular weight excluding hydrogens is 345 g/mol. The first-order chi connectivity index (χ1) is 9.54. The minimum absolute atomic E-state index is 0.0951. The summed E-state index contributed by atoms with van der Waals surface area (Å²) >= 11 is 9.38. The molecule has 0 aromatic heterocycles. The lowest BCUT2D eigenvalue weighted by Crippen LogP contribution is -2.21. The molecule has 106 valence electrons. The topological polar surface area (TPSA) is 46.2 Å². The van der Waals surface area contributed by atoms with Gasteiger partial charge in [0.15, 0.2) is 0 Å². The largest absolute Gasteiger partial charge is 0.388 e. The molecule has 0 bridgehead atoms. The van der Waals surface area contributed by atoms with E-state index in [-0.39, 0.29) is 17.1 Å². The van der Waals surface area contributed by atoms with Crippen molar-refractivity contribution < 1.29 is 9.50 Å². The number of nitrogens with two attached hydrogens (primary N) is 1. The molecule has 0 saturated heterocycles. The third-order valence-corrected chi connectivity index (χ3v) is 4.08. The molecule has 2 nitrogen and oxygen atoms in total. The smallest absolute Gasteiger partial charge is 0.128 e. The van der Waals surface area contributed by atoms with Crippen molar-refractivity contribution in [3.63, 3.8) is 0 Å². The van der Waals surface area contributed by atoms with Crippen LogP contribution in [0.3, 0.4) is 0 Å². The molecule has 0 spiro atoms. The summed E-state index contributed by atoms with van der Waals surface area (Å²) in [6.45, 7) is 0.0951. The molecule has 0 saturated carbocycles. The van der Waals surface area contributed by atoms with E-state index in [0.29, 0.717) is 5.56 Å². The Bertz CT molecular complexity index is 571. The molecular formula is C15H14BrClFNO. The van der Waals surface area contributed by atoms with Gasteiger partial charge in [0.05, 0.1) is 6.10 Å². The van der Waals surface area contributed by atoms with Gasteiger partial charge < -0.3 is 10.8 Å². The standard InChI is InChI=1S/C15H14BrClFNO/c16-10-6-4-9(5-7-10)15(20)11(8-19)14-12(17)2-1-3-13(14)18/h1-7,11,15,20H,8,19H2. The second kappa shape index (κ2) is 6.68. The van der Waals surface area contributed by atoms with Crippen LogP contribution in [0.25, 0.3) is 0 Å². The lowest BCUT2D eigenvalue weighted by atomic mass is 9.89. The third-order valence-electron chi connectivity index (χ3n) is 3.22. The zero-order chi connectivity index (χ0) is 14.7. The number of hydrogen-bond acceptors (Lipinski definition) is 2. The lowest BCUT2D eigenvalue weighted by molar-refractivity contribution is 0.145. The first kappa shape index (κ1) is 15.4. The fourth-order valence-corrected chi connectivity index (χ4v) is 2.73. The van der Waals surface area contributed by atoms with Gasteiger partial charge in [-0.3, -0.25) is 0 Å². The Morgan fingerprint density at radius 1 is 1.20 bits per heavy atom. The second-order valence-corrected chi connectivity index (χ2v) is 5.80. The van der Waals surface area contributed by atoms with Gasteiger partial charge >= 0.3 is 0 Å². The first-order valence-electron chi connectivity index (χ1n) is 6.12. The SMILES string of the molecule is NCC(c1c(F)cccc1Cl)C(O)c1ccc(Br)cc1. The molecule has 20 heavy (non-hydrogen) atoms. The van der Waals surface area contributed by atoms with E-state index in [0.717, 1.165) is 4.47 Å². The average molecular weight is 359 g/mol. The number of rotatable bonds is 4. The van der Waals surface area contributed by atoms with Gasteiger partial charge in [-0.1, -0.05) is 45.7 Å². The van der Waals surface area contributed by atoms with E-state index in [1.54, 1.807) is 18.2 Å². The summed E-state index contributed by atoms with van der Waals surface area (Å²) in [5.74, 6) is -1.05. The van der Waals surface area contributed by atoms with Crippen LogP contribution in [0.4, 0.5) is 4.39 Å². The van der Waals surface area contributed by atoms with E-state index in [4.69, 9.17) is 17.3 Å². The fourth-order valence-electron chi connectivity index (χ4n) is 2.16. The van der Waals surface area contributed by atoms with Crippen molar-refractivity contribution in [2.24, 2.45) is 5.73 Å². The Kier molecular flexibility index (Phi) is 5.16. The number of aliphatic hydroxyl groups excluding tert-OH is 1. The molecule has 2 aromatic rings. The van der Waals surface area contributed by atoms with E-state index in [9.17, 15) is 9.50 Å². The summed E-state index contributed by atoms with van der Waals surface area (Å²) in [4.78, 5) is 0. The van der Waals surface area contributed by atoms with Crippen LogP contribution in [0.5, 0.6) is 0 Å². The van der Waals surface area contributed by atoms with Gasteiger partial charge in [0.1, 0.15) is 5.82 Å². The number of hydrogen-bond donors (Lipinski definition) is 2. The van der Waals surface area contributed by atoms with Crippen LogP contribution in [0, 0.1) is 5.82 Å². The quantitative estimate of drug-likeness (QED) is 0.867. The number of halogens is 3. The molecule has 2 rings (SSSR count). The highest BCUT2D eigenvalue weighted by atomic mass is 79.9. The molecule has 0 radical (unpaired) electrons. The average Bonchev–Trinajstić information content (AvgIpc) is 2.43. The molecule has 0 fully saturated rings. The molecule has 0 aliphatic heterocycles. The Balaban J connectivity index is 2.39. The highest BCUT2D eigenvalue weighted by molar-refractivity contribution is 9.10. The predicted molar refractivity (Wildman–Crippen MR) is 82.3 cm³/mol. The highest BCUT2D eigenvalue weighted by Crippen LogP contribution is 2.36. The van der Waals surface area contributed by atoms with Crippen molar-refractivity contribution in [2.75, 3.05) is 6.54 Å². The van der Waals surface area contributed by atoms with Crippen molar-refractivity contribution in [2.45, 2.75) is 12.0 Å². The molecule has 0 aliphatic carbocycles. The zero-order valence-electron chi connectivity index (χ0n) is 10.6. The Morgan fingerprint density at radius 3 is 2.40 bits per heavy atom. The minimum atomic E-state index is -0.914. The summed E-state index contributed by atoms with van der Waals surface area (Å²) in [5.41, 5.74) is 6.64. The molecule has 5 heteroatoms. The van der Waals surface area contributed by atoms with Crippen molar-refractivity contribution >= 4 is 27.5 Å². The van der Waals surface area contributed by atoms with Crippen LogP contribution in [-0.2, 0) is 0 Å². The van der Waals surface area contributed by atoms with Crippen molar-refractivity contribution in [3.8, 4) is 0 Å². The normalized spacial score (nSPS) is 14.1. The van der Waals surface area contributed by atoms with Gasteiger partial charge in [0.2, 0.25) is 0 Å². The Hall–Kier alpha value is -0.940. The zero-order valence-corrected chi connectivity index (χ0v) is 12.9. The third kappa shape index (κ3) is 3.20. The van der Waals surface area contributed by atoms with E-state index in [1.165, 1.54) is 12.1 Å². The summed E-state index contributed by atoms with van der Waals surface area (Å²) in [7, 11) is 0. The van der Waals surface area contributed by atoms with Crippen LogP contribution in [-0.4, -0.2) is 11.7 Å². The van der Waals surface area contributed by atoms with Crippen molar-refractivity contribution in [1.29, 1.82) is 0 Å². The van der Waals surface area contributed by atoms with Crippen molar-refractivity contribution in [1.82, 2.24) is 0 Å². The molecule has 3 N–H and O–H groups in total. The summed E-state index contributed by atoms with van der Waals surface area (Å²) in [6.07, 6.45) is -0.914. The summed E-state index contributed by atoms with van der Waals surface area (Å²) in [5, 5.41) is 10.7. The molecule has 0 amide bonds. The molecule has 2 atom stereocenters. The number of benzene rings is 2.